The van der Waals surface area contributed by atoms with Crippen molar-refractivity contribution in [1.82, 2.24) is 9.78 Å². The van der Waals surface area contributed by atoms with Gasteiger partial charge in [-0.05, 0) is 36.5 Å². The van der Waals surface area contributed by atoms with Crippen molar-refractivity contribution in [2.45, 2.75) is 10.5 Å². The molecule has 0 atom stereocenters. The van der Waals surface area contributed by atoms with Crippen molar-refractivity contribution in [3.63, 3.8) is 0 Å². The summed E-state index contributed by atoms with van der Waals surface area (Å²) >= 11 is 7.63. The smallest absolute Gasteiger partial charge is 0.325 e. The third-order valence-corrected chi connectivity index (χ3v) is 5.73. The summed E-state index contributed by atoms with van der Waals surface area (Å²) in [7, 11) is 0. The Hall–Kier alpha value is -2.17. The maximum Gasteiger partial charge on any atom is 0.418 e. The van der Waals surface area contributed by atoms with Crippen LogP contribution in [-0.2, 0) is 11.0 Å². The van der Waals surface area contributed by atoms with Gasteiger partial charge >= 0.3 is 6.18 Å². The van der Waals surface area contributed by atoms with Gasteiger partial charge in [0.25, 0.3) is 0 Å². The minimum Gasteiger partial charge on any atom is -0.325 e. The zero-order valence-corrected chi connectivity index (χ0v) is 16.0. The summed E-state index contributed by atoms with van der Waals surface area (Å²) in [6.45, 7) is 0. The van der Waals surface area contributed by atoms with Crippen LogP contribution in [0.15, 0.2) is 58.9 Å². The number of anilines is 1. The van der Waals surface area contributed by atoms with Gasteiger partial charge in [-0.25, -0.2) is 4.68 Å². The van der Waals surface area contributed by atoms with Gasteiger partial charge in [0.15, 0.2) is 8.29 Å². The lowest BCUT2D eigenvalue weighted by Crippen LogP contribution is -2.18. The summed E-state index contributed by atoms with van der Waals surface area (Å²) in [5.41, 5.74) is -0.348. The fourth-order valence-corrected chi connectivity index (χ4v) is 4.37. The molecule has 0 unspecified atom stereocenters. The quantitative estimate of drug-likeness (QED) is 0.437. The summed E-state index contributed by atoms with van der Waals surface area (Å²) < 4.78 is 41.6. The number of halogens is 3. The second-order valence-electron chi connectivity index (χ2n) is 5.26. The zero-order chi connectivity index (χ0) is 19.4. The molecule has 0 saturated carbocycles. The van der Waals surface area contributed by atoms with Crippen LogP contribution < -0.4 is 5.32 Å². The van der Waals surface area contributed by atoms with Crippen molar-refractivity contribution in [2.75, 3.05) is 11.1 Å². The van der Waals surface area contributed by atoms with Crippen molar-refractivity contribution >= 4 is 46.9 Å². The third-order valence-electron chi connectivity index (χ3n) is 3.36. The topological polar surface area (TPSA) is 46.9 Å². The lowest BCUT2D eigenvalue weighted by atomic mass is 10.1. The summed E-state index contributed by atoms with van der Waals surface area (Å²) in [5, 5.41) is 6.65. The molecule has 0 aliphatic carbocycles. The Bertz CT molecular complexity index is 1000. The molecule has 140 valence electrons. The Morgan fingerprint density at radius 3 is 2.52 bits per heavy atom. The van der Waals surface area contributed by atoms with Crippen LogP contribution in [-0.4, -0.2) is 21.4 Å². The molecule has 1 amide bonds. The number of alkyl halides is 3. The fraction of sp³-hybridized carbons (Fsp3) is 0.118. The Morgan fingerprint density at radius 1 is 1.15 bits per heavy atom. The number of para-hydroxylation sites is 2. The molecule has 0 bridgehead atoms. The molecule has 0 radical (unpaired) electrons. The van der Waals surface area contributed by atoms with Gasteiger partial charge in [0.05, 0.1) is 22.7 Å². The molecule has 2 aromatic carbocycles. The van der Waals surface area contributed by atoms with E-state index in [0.29, 0.717) is 8.29 Å². The van der Waals surface area contributed by atoms with E-state index in [9.17, 15) is 18.0 Å². The van der Waals surface area contributed by atoms with Crippen LogP contribution in [0.3, 0.4) is 0 Å². The van der Waals surface area contributed by atoms with Crippen molar-refractivity contribution in [3.05, 3.63) is 64.1 Å². The largest absolute Gasteiger partial charge is 0.418 e. The Morgan fingerprint density at radius 2 is 1.81 bits per heavy atom. The summed E-state index contributed by atoms with van der Waals surface area (Å²) in [4.78, 5) is 12.1. The molecule has 10 heteroatoms. The Kier molecular flexibility index (Phi) is 5.98. The van der Waals surface area contributed by atoms with Gasteiger partial charge in [-0.2, -0.15) is 13.2 Å². The van der Waals surface area contributed by atoms with E-state index in [0.717, 1.165) is 23.5 Å². The first-order chi connectivity index (χ1) is 12.8. The number of aromatic nitrogens is 2. The second kappa shape index (κ2) is 8.24. The van der Waals surface area contributed by atoms with E-state index in [4.69, 9.17) is 12.2 Å². The first-order valence-corrected chi connectivity index (χ1v) is 9.80. The molecule has 0 fully saturated rings. The van der Waals surface area contributed by atoms with Crippen molar-refractivity contribution in [2.24, 2.45) is 0 Å². The number of nitrogens with zero attached hydrogens (tertiary/aromatic N) is 2. The van der Waals surface area contributed by atoms with Crippen LogP contribution in [0, 0.1) is 3.95 Å². The van der Waals surface area contributed by atoms with Crippen LogP contribution in [0.2, 0.25) is 0 Å². The highest BCUT2D eigenvalue weighted by Gasteiger charge is 2.33. The highest BCUT2D eigenvalue weighted by Crippen LogP contribution is 2.34. The van der Waals surface area contributed by atoms with Crippen LogP contribution in [0.4, 0.5) is 18.9 Å². The summed E-state index contributed by atoms with van der Waals surface area (Å²) in [6, 6.07) is 14.1. The molecular formula is C17H12F3N3OS3. The average molecular weight is 427 g/mol. The number of rotatable bonds is 5. The zero-order valence-electron chi connectivity index (χ0n) is 13.6. The molecule has 27 heavy (non-hydrogen) atoms. The van der Waals surface area contributed by atoms with Gasteiger partial charge in [0, 0.05) is 0 Å². The van der Waals surface area contributed by atoms with Crippen molar-refractivity contribution in [3.8, 4) is 5.69 Å². The number of benzene rings is 2. The summed E-state index contributed by atoms with van der Waals surface area (Å²) in [5.74, 6) is -0.632. The van der Waals surface area contributed by atoms with E-state index in [1.807, 2.05) is 30.3 Å². The molecule has 3 rings (SSSR count). The van der Waals surface area contributed by atoms with Gasteiger partial charge in [-0.3, -0.25) is 4.79 Å². The number of amides is 1. The molecule has 0 saturated heterocycles. The number of hydrogen-bond donors (Lipinski definition) is 1. The average Bonchev–Trinajstić information content (AvgIpc) is 3.01. The maximum absolute atomic E-state index is 13.0. The standard InChI is InChI=1S/C17H12F3N3OS3/c18-17(19,20)12-8-4-5-9-13(12)21-14(24)10-26-15-22-23(16(25)27-15)11-6-2-1-3-7-11/h1-9H,10H2,(H,21,24). The van der Waals surface area contributed by atoms with Gasteiger partial charge < -0.3 is 5.32 Å². The minimum absolute atomic E-state index is 0.0801. The van der Waals surface area contributed by atoms with E-state index in [2.05, 4.69) is 10.4 Å². The van der Waals surface area contributed by atoms with Gasteiger partial charge in [0.2, 0.25) is 5.91 Å². The van der Waals surface area contributed by atoms with Crippen molar-refractivity contribution < 1.29 is 18.0 Å². The maximum atomic E-state index is 13.0. The highest BCUT2D eigenvalue weighted by atomic mass is 32.2. The Labute approximate surface area is 166 Å². The molecule has 3 aromatic rings. The lowest BCUT2D eigenvalue weighted by molar-refractivity contribution is -0.137. The van der Waals surface area contributed by atoms with E-state index in [-0.39, 0.29) is 11.4 Å². The van der Waals surface area contributed by atoms with E-state index < -0.39 is 17.6 Å². The normalized spacial score (nSPS) is 11.4. The fourth-order valence-electron chi connectivity index (χ4n) is 2.20. The highest BCUT2D eigenvalue weighted by molar-refractivity contribution is 8.01. The predicted octanol–water partition coefficient (Wildman–Crippen LogP) is 5.41. The predicted molar refractivity (Wildman–Crippen MR) is 103 cm³/mol. The van der Waals surface area contributed by atoms with Crippen LogP contribution in [0.5, 0.6) is 0 Å². The number of nitrogens with one attached hydrogen (secondary N) is 1. The minimum atomic E-state index is -4.54. The van der Waals surface area contributed by atoms with Crippen LogP contribution >= 0.6 is 35.3 Å². The van der Waals surface area contributed by atoms with E-state index >= 15 is 0 Å². The molecule has 1 N–H and O–H groups in total. The summed E-state index contributed by atoms with van der Waals surface area (Å²) in [6.07, 6.45) is -4.54. The first-order valence-electron chi connectivity index (χ1n) is 7.59. The lowest BCUT2D eigenvalue weighted by Gasteiger charge is -2.13. The molecule has 4 nitrogen and oxygen atoms in total. The number of carbonyl (C=O) groups is 1. The molecule has 0 spiro atoms. The number of thioether (sulfide) groups is 1. The molecular weight excluding hydrogens is 415 g/mol. The van der Waals surface area contributed by atoms with E-state index in [1.54, 1.807) is 4.68 Å². The van der Waals surface area contributed by atoms with E-state index in [1.165, 1.54) is 29.5 Å². The third kappa shape index (κ3) is 4.96. The molecule has 1 aromatic heterocycles. The number of hydrogen-bond acceptors (Lipinski definition) is 5. The SMILES string of the molecule is O=C(CSc1nn(-c2ccccc2)c(=S)s1)Nc1ccccc1C(F)(F)F. The van der Waals surface area contributed by atoms with Crippen LogP contribution in [0.25, 0.3) is 5.69 Å². The van der Waals surface area contributed by atoms with Gasteiger partial charge in [-0.15, -0.1) is 5.10 Å². The Balaban J connectivity index is 1.67. The molecule has 0 aliphatic heterocycles. The molecule has 1 heterocycles. The second-order valence-corrected chi connectivity index (χ2v) is 8.11. The molecule has 0 aliphatic rings. The van der Waals surface area contributed by atoms with Crippen LogP contribution in [0.1, 0.15) is 5.56 Å². The van der Waals surface area contributed by atoms with Gasteiger partial charge in [-0.1, -0.05) is 53.4 Å². The number of carbonyl (C=O) groups excluding carboxylic acids is 1. The first kappa shape index (κ1) is 19.6. The van der Waals surface area contributed by atoms with Gasteiger partial charge in [0.1, 0.15) is 0 Å². The van der Waals surface area contributed by atoms with Crippen molar-refractivity contribution in [1.29, 1.82) is 0 Å². The monoisotopic (exact) mass is 427 g/mol.